The van der Waals surface area contributed by atoms with Crippen molar-refractivity contribution in [2.45, 2.75) is 40.7 Å². The van der Waals surface area contributed by atoms with Gasteiger partial charge < -0.3 is 10.6 Å². The number of aromatic nitrogens is 2. The molecule has 2 heterocycles. The zero-order valence-corrected chi connectivity index (χ0v) is 14.0. The fourth-order valence-corrected chi connectivity index (χ4v) is 3.03. The molecular formula is C15H24N4OS. The van der Waals surface area contributed by atoms with Crippen LogP contribution in [0.5, 0.6) is 0 Å². The highest BCUT2D eigenvalue weighted by atomic mass is 32.1. The third-order valence-corrected chi connectivity index (χ3v) is 4.17. The van der Waals surface area contributed by atoms with Gasteiger partial charge in [0.1, 0.15) is 0 Å². The number of rotatable bonds is 7. The van der Waals surface area contributed by atoms with E-state index in [2.05, 4.69) is 47.0 Å². The Labute approximate surface area is 129 Å². The number of fused-ring (bicyclic) bond motifs is 1. The van der Waals surface area contributed by atoms with E-state index in [0.717, 1.165) is 23.7 Å². The Balaban J connectivity index is 1.80. The molecule has 2 aromatic heterocycles. The lowest BCUT2D eigenvalue weighted by Crippen LogP contribution is -2.30. The van der Waals surface area contributed by atoms with Gasteiger partial charge in [0.05, 0.1) is 11.4 Å². The molecule has 0 radical (unpaired) electrons. The summed E-state index contributed by atoms with van der Waals surface area (Å²) in [6, 6.07) is 0. The quantitative estimate of drug-likeness (QED) is 0.771. The molecule has 0 spiro atoms. The summed E-state index contributed by atoms with van der Waals surface area (Å²) < 4.78 is 2.14. The van der Waals surface area contributed by atoms with Crippen LogP contribution < -0.4 is 10.6 Å². The Kier molecular flexibility index (Phi) is 5.36. The minimum atomic E-state index is 0.109. The summed E-state index contributed by atoms with van der Waals surface area (Å²) in [6.07, 6.45) is 2.63. The van der Waals surface area contributed by atoms with Crippen molar-refractivity contribution in [3.63, 3.8) is 0 Å². The van der Waals surface area contributed by atoms with Crippen LogP contribution in [0.2, 0.25) is 0 Å². The van der Waals surface area contributed by atoms with E-state index >= 15 is 0 Å². The molecular weight excluding hydrogens is 284 g/mol. The first kappa shape index (κ1) is 16.0. The lowest BCUT2D eigenvalue weighted by atomic mass is 10.2. The van der Waals surface area contributed by atoms with Crippen LogP contribution in [0.25, 0.3) is 4.96 Å². The molecule has 0 bridgehead atoms. The fraction of sp³-hybridized carbons (Fsp3) is 0.600. The Bertz CT molecular complexity index is 614. The standard InChI is InChI=1S/C15H24N4OS/c1-10(2)7-17-14(20)5-6-16-8-13-12(4)18-15-19(13)9-11(3)21-15/h9-10,16H,5-8H2,1-4H3,(H,17,20). The summed E-state index contributed by atoms with van der Waals surface area (Å²) in [4.78, 5) is 18.5. The second-order valence-corrected chi connectivity index (χ2v) is 6.98. The highest BCUT2D eigenvalue weighted by molar-refractivity contribution is 7.17. The summed E-state index contributed by atoms with van der Waals surface area (Å²) in [5.74, 6) is 0.601. The molecule has 2 rings (SSSR count). The lowest BCUT2D eigenvalue weighted by molar-refractivity contribution is -0.121. The molecule has 0 fully saturated rings. The Hall–Kier alpha value is -1.40. The number of imidazole rings is 1. The van der Waals surface area contributed by atoms with Gasteiger partial charge in [-0.2, -0.15) is 0 Å². The van der Waals surface area contributed by atoms with Crippen LogP contribution in [-0.2, 0) is 11.3 Å². The van der Waals surface area contributed by atoms with E-state index in [9.17, 15) is 4.79 Å². The second-order valence-electron chi connectivity index (χ2n) is 5.76. The van der Waals surface area contributed by atoms with Crippen LogP contribution in [0.4, 0.5) is 0 Å². The SMILES string of the molecule is Cc1cn2c(CNCCC(=O)NCC(C)C)c(C)nc2s1. The van der Waals surface area contributed by atoms with Crippen molar-refractivity contribution >= 4 is 22.2 Å². The molecule has 21 heavy (non-hydrogen) atoms. The fourth-order valence-electron chi connectivity index (χ4n) is 2.14. The van der Waals surface area contributed by atoms with Crippen LogP contribution in [0.1, 0.15) is 36.5 Å². The summed E-state index contributed by atoms with van der Waals surface area (Å²) in [7, 11) is 0. The van der Waals surface area contributed by atoms with E-state index in [4.69, 9.17) is 0 Å². The highest BCUT2D eigenvalue weighted by Gasteiger charge is 2.10. The average molecular weight is 308 g/mol. The number of nitrogens with zero attached hydrogens (tertiary/aromatic N) is 2. The molecule has 116 valence electrons. The number of nitrogens with one attached hydrogen (secondary N) is 2. The van der Waals surface area contributed by atoms with Crippen LogP contribution in [-0.4, -0.2) is 28.4 Å². The van der Waals surface area contributed by atoms with Gasteiger partial charge >= 0.3 is 0 Å². The first-order valence-corrected chi connectivity index (χ1v) is 8.20. The van der Waals surface area contributed by atoms with Gasteiger partial charge in [-0.25, -0.2) is 4.98 Å². The molecule has 0 saturated carbocycles. The highest BCUT2D eigenvalue weighted by Crippen LogP contribution is 2.20. The van der Waals surface area contributed by atoms with E-state index in [1.165, 1.54) is 10.6 Å². The van der Waals surface area contributed by atoms with Crippen molar-refractivity contribution in [3.8, 4) is 0 Å². The predicted molar refractivity (Wildman–Crippen MR) is 86.7 cm³/mol. The summed E-state index contributed by atoms with van der Waals surface area (Å²) in [6.45, 7) is 10.5. The van der Waals surface area contributed by atoms with Crippen LogP contribution in [0.3, 0.4) is 0 Å². The van der Waals surface area contributed by atoms with Gasteiger partial charge in [-0.3, -0.25) is 9.20 Å². The van der Waals surface area contributed by atoms with Gasteiger partial charge in [-0.05, 0) is 19.8 Å². The molecule has 5 nitrogen and oxygen atoms in total. The summed E-state index contributed by atoms with van der Waals surface area (Å²) in [5.41, 5.74) is 2.23. The first-order chi connectivity index (χ1) is 9.97. The average Bonchev–Trinajstić information content (AvgIpc) is 2.88. The first-order valence-electron chi connectivity index (χ1n) is 7.38. The van der Waals surface area contributed by atoms with Gasteiger partial charge in [-0.15, -0.1) is 11.3 Å². The van der Waals surface area contributed by atoms with Gasteiger partial charge in [0.25, 0.3) is 0 Å². The Morgan fingerprint density at radius 3 is 2.90 bits per heavy atom. The minimum absolute atomic E-state index is 0.109. The monoisotopic (exact) mass is 308 g/mol. The van der Waals surface area contributed by atoms with Crippen molar-refractivity contribution in [2.24, 2.45) is 5.92 Å². The van der Waals surface area contributed by atoms with E-state index in [1.54, 1.807) is 11.3 Å². The third-order valence-electron chi connectivity index (χ3n) is 3.27. The Morgan fingerprint density at radius 2 is 2.19 bits per heavy atom. The van der Waals surface area contributed by atoms with Crippen molar-refractivity contribution < 1.29 is 4.79 Å². The van der Waals surface area contributed by atoms with Gasteiger partial charge in [0.2, 0.25) is 5.91 Å². The van der Waals surface area contributed by atoms with Gasteiger partial charge in [0.15, 0.2) is 4.96 Å². The van der Waals surface area contributed by atoms with Crippen LogP contribution in [0.15, 0.2) is 6.20 Å². The molecule has 0 aromatic carbocycles. The molecule has 0 aliphatic carbocycles. The van der Waals surface area contributed by atoms with Gasteiger partial charge in [0, 0.05) is 37.1 Å². The predicted octanol–water partition coefficient (Wildman–Crippen LogP) is 2.26. The Morgan fingerprint density at radius 1 is 1.43 bits per heavy atom. The third kappa shape index (κ3) is 4.28. The summed E-state index contributed by atoms with van der Waals surface area (Å²) >= 11 is 1.70. The van der Waals surface area contributed by atoms with Crippen molar-refractivity contribution in [1.29, 1.82) is 0 Å². The molecule has 1 amide bonds. The van der Waals surface area contributed by atoms with Crippen molar-refractivity contribution in [2.75, 3.05) is 13.1 Å². The second kappa shape index (κ2) is 7.04. The zero-order valence-electron chi connectivity index (χ0n) is 13.2. The van der Waals surface area contributed by atoms with E-state index in [0.29, 0.717) is 18.9 Å². The van der Waals surface area contributed by atoms with E-state index in [1.807, 2.05) is 6.92 Å². The molecule has 0 unspecified atom stereocenters. The topological polar surface area (TPSA) is 58.4 Å². The molecule has 0 aliphatic rings. The molecule has 2 N–H and O–H groups in total. The normalized spacial score (nSPS) is 11.5. The number of aryl methyl sites for hydroxylation is 2. The number of hydrogen-bond acceptors (Lipinski definition) is 4. The smallest absolute Gasteiger partial charge is 0.221 e. The molecule has 0 atom stereocenters. The zero-order chi connectivity index (χ0) is 15.4. The van der Waals surface area contributed by atoms with E-state index in [-0.39, 0.29) is 5.91 Å². The number of carbonyl (C=O) groups is 1. The summed E-state index contributed by atoms with van der Waals surface area (Å²) in [5, 5.41) is 6.26. The van der Waals surface area contributed by atoms with Crippen molar-refractivity contribution in [3.05, 3.63) is 22.5 Å². The number of thiazole rings is 1. The van der Waals surface area contributed by atoms with Crippen molar-refractivity contribution in [1.82, 2.24) is 20.0 Å². The minimum Gasteiger partial charge on any atom is -0.356 e. The largest absolute Gasteiger partial charge is 0.356 e. The lowest BCUT2D eigenvalue weighted by Gasteiger charge is -2.08. The maximum absolute atomic E-state index is 11.6. The van der Waals surface area contributed by atoms with Gasteiger partial charge in [-0.1, -0.05) is 13.8 Å². The maximum Gasteiger partial charge on any atom is 0.221 e. The number of carbonyl (C=O) groups excluding carboxylic acids is 1. The molecule has 0 aliphatic heterocycles. The van der Waals surface area contributed by atoms with Crippen LogP contribution >= 0.6 is 11.3 Å². The maximum atomic E-state index is 11.6. The molecule has 6 heteroatoms. The molecule has 2 aromatic rings. The molecule has 0 saturated heterocycles. The van der Waals surface area contributed by atoms with Crippen LogP contribution in [0, 0.1) is 19.8 Å². The van der Waals surface area contributed by atoms with E-state index < -0.39 is 0 Å². The number of amides is 1. The number of hydrogen-bond donors (Lipinski definition) is 2.